The Kier molecular flexibility index (Phi) is 5.05. The van der Waals surface area contributed by atoms with E-state index in [0.29, 0.717) is 28.7 Å². The summed E-state index contributed by atoms with van der Waals surface area (Å²) >= 11 is 0. The highest BCUT2D eigenvalue weighted by Gasteiger charge is 2.26. The van der Waals surface area contributed by atoms with Crippen LogP contribution in [0.15, 0.2) is 23.4 Å². The fraction of sp³-hybridized carbons (Fsp3) is 0.562. The van der Waals surface area contributed by atoms with Gasteiger partial charge in [-0.1, -0.05) is 0 Å². The summed E-state index contributed by atoms with van der Waals surface area (Å²) in [5.41, 5.74) is 1.18. The highest BCUT2D eigenvalue weighted by atomic mass is 32.2. The molecule has 0 spiro atoms. The number of aromatic nitrogens is 4. The summed E-state index contributed by atoms with van der Waals surface area (Å²) in [4.78, 5) is 11.0. The maximum absolute atomic E-state index is 12.6. The molecule has 1 aliphatic rings. The van der Waals surface area contributed by atoms with E-state index < -0.39 is 10.0 Å². The van der Waals surface area contributed by atoms with Gasteiger partial charge in [-0.25, -0.2) is 23.1 Å². The van der Waals surface area contributed by atoms with Crippen LogP contribution in [0.2, 0.25) is 0 Å². The molecule has 1 aliphatic heterocycles. The zero-order valence-electron chi connectivity index (χ0n) is 14.8. The van der Waals surface area contributed by atoms with Gasteiger partial charge in [0, 0.05) is 39.1 Å². The summed E-state index contributed by atoms with van der Waals surface area (Å²) in [6.07, 6.45) is 5.29. The Bertz CT molecular complexity index is 826. The minimum absolute atomic E-state index is 0.296. The standard InChI is InChI=1S/C16H24N6O2S/c1-12-15(13(2)21(3)20-12)25(23,24)19-11-14-5-9-22(10-6-14)16-17-7-4-8-18-16/h4,7-8,14,19H,5-6,9-11H2,1-3H3. The number of hydrogen-bond donors (Lipinski definition) is 1. The van der Waals surface area contributed by atoms with Crippen LogP contribution < -0.4 is 9.62 Å². The molecule has 0 aliphatic carbocycles. The molecule has 2 aromatic heterocycles. The van der Waals surface area contributed by atoms with Crippen molar-refractivity contribution in [3.8, 4) is 0 Å². The summed E-state index contributed by atoms with van der Waals surface area (Å²) < 4.78 is 29.6. The average Bonchev–Trinajstić information content (AvgIpc) is 2.87. The fourth-order valence-corrected chi connectivity index (χ4v) is 4.78. The van der Waals surface area contributed by atoms with Crippen LogP contribution in [0.25, 0.3) is 0 Å². The monoisotopic (exact) mass is 364 g/mol. The molecule has 0 radical (unpaired) electrons. The van der Waals surface area contributed by atoms with Gasteiger partial charge in [-0.3, -0.25) is 4.68 Å². The molecule has 0 unspecified atom stereocenters. The normalized spacial score (nSPS) is 16.4. The minimum atomic E-state index is -3.54. The van der Waals surface area contributed by atoms with Gasteiger partial charge in [0.15, 0.2) is 0 Å². The van der Waals surface area contributed by atoms with Gasteiger partial charge in [0.05, 0.1) is 11.4 Å². The lowest BCUT2D eigenvalue weighted by atomic mass is 9.97. The second-order valence-corrected chi connectivity index (χ2v) is 8.16. The second-order valence-electron chi connectivity index (χ2n) is 6.45. The van der Waals surface area contributed by atoms with Gasteiger partial charge in [-0.05, 0) is 38.7 Å². The predicted molar refractivity (Wildman–Crippen MR) is 94.8 cm³/mol. The average molecular weight is 364 g/mol. The Morgan fingerprint density at radius 3 is 2.40 bits per heavy atom. The number of nitrogens with zero attached hydrogens (tertiary/aromatic N) is 5. The van der Waals surface area contributed by atoms with E-state index in [4.69, 9.17) is 0 Å². The van der Waals surface area contributed by atoms with Crippen LogP contribution >= 0.6 is 0 Å². The Morgan fingerprint density at radius 2 is 1.84 bits per heavy atom. The molecule has 9 heteroatoms. The quantitative estimate of drug-likeness (QED) is 0.851. The molecule has 136 valence electrons. The zero-order valence-corrected chi connectivity index (χ0v) is 15.6. The molecule has 1 fully saturated rings. The van der Waals surface area contributed by atoms with E-state index in [0.717, 1.165) is 31.9 Å². The highest BCUT2D eigenvalue weighted by molar-refractivity contribution is 7.89. The third-order valence-corrected chi connectivity index (χ3v) is 6.40. The van der Waals surface area contributed by atoms with Crippen LogP contribution in [-0.2, 0) is 17.1 Å². The van der Waals surface area contributed by atoms with Crippen molar-refractivity contribution in [2.24, 2.45) is 13.0 Å². The number of aryl methyl sites for hydroxylation is 2. The summed E-state index contributed by atoms with van der Waals surface area (Å²) in [5.74, 6) is 1.05. The largest absolute Gasteiger partial charge is 0.341 e. The molecule has 0 aromatic carbocycles. The molecule has 8 nitrogen and oxygen atoms in total. The molecule has 1 saturated heterocycles. The highest BCUT2D eigenvalue weighted by Crippen LogP contribution is 2.22. The molecule has 0 bridgehead atoms. The van der Waals surface area contributed by atoms with Crippen LogP contribution in [0.5, 0.6) is 0 Å². The summed E-state index contributed by atoms with van der Waals surface area (Å²) in [5, 5.41) is 4.19. The summed E-state index contributed by atoms with van der Waals surface area (Å²) in [7, 11) is -1.78. The van der Waals surface area contributed by atoms with E-state index in [9.17, 15) is 8.42 Å². The molecular formula is C16H24N6O2S. The lowest BCUT2D eigenvalue weighted by molar-refractivity contribution is 0.399. The van der Waals surface area contributed by atoms with Gasteiger partial charge >= 0.3 is 0 Å². The number of piperidine rings is 1. The smallest absolute Gasteiger partial charge is 0.244 e. The Labute approximate surface area is 148 Å². The Morgan fingerprint density at radius 1 is 1.20 bits per heavy atom. The summed E-state index contributed by atoms with van der Waals surface area (Å²) in [6.45, 7) is 5.61. The first-order chi connectivity index (χ1) is 11.9. The fourth-order valence-electron chi connectivity index (χ4n) is 3.23. The lowest BCUT2D eigenvalue weighted by Gasteiger charge is -2.31. The van der Waals surface area contributed by atoms with Crippen molar-refractivity contribution < 1.29 is 8.42 Å². The van der Waals surface area contributed by atoms with Gasteiger partial charge in [-0.2, -0.15) is 5.10 Å². The van der Waals surface area contributed by atoms with E-state index in [2.05, 4.69) is 24.7 Å². The van der Waals surface area contributed by atoms with Crippen molar-refractivity contribution in [1.29, 1.82) is 0 Å². The van der Waals surface area contributed by atoms with Gasteiger partial charge in [-0.15, -0.1) is 0 Å². The molecule has 0 amide bonds. The van der Waals surface area contributed by atoms with E-state index in [-0.39, 0.29) is 0 Å². The van der Waals surface area contributed by atoms with E-state index in [1.54, 1.807) is 44.0 Å². The molecule has 2 aromatic rings. The number of sulfonamides is 1. The number of anilines is 1. The van der Waals surface area contributed by atoms with Crippen LogP contribution in [0.4, 0.5) is 5.95 Å². The van der Waals surface area contributed by atoms with E-state index in [1.165, 1.54) is 0 Å². The van der Waals surface area contributed by atoms with Crippen molar-refractivity contribution in [1.82, 2.24) is 24.5 Å². The van der Waals surface area contributed by atoms with Crippen LogP contribution in [0, 0.1) is 19.8 Å². The van der Waals surface area contributed by atoms with Crippen molar-refractivity contribution in [2.45, 2.75) is 31.6 Å². The first kappa shape index (κ1) is 17.8. The molecule has 1 N–H and O–H groups in total. The van der Waals surface area contributed by atoms with Gasteiger partial charge in [0.25, 0.3) is 0 Å². The van der Waals surface area contributed by atoms with Crippen molar-refractivity contribution in [2.75, 3.05) is 24.5 Å². The van der Waals surface area contributed by atoms with Crippen LogP contribution in [0.3, 0.4) is 0 Å². The van der Waals surface area contributed by atoms with Crippen molar-refractivity contribution in [3.63, 3.8) is 0 Å². The Balaban J connectivity index is 1.58. The number of hydrogen-bond acceptors (Lipinski definition) is 6. The molecule has 3 heterocycles. The predicted octanol–water partition coefficient (Wildman–Crippen LogP) is 1.02. The molecule has 0 atom stereocenters. The third-order valence-electron chi connectivity index (χ3n) is 4.72. The topological polar surface area (TPSA) is 93.0 Å². The minimum Gasteiger partial charge on any atom is -0.341 e. The maximum atomic E-state index is 12.6. The van der Waals surface area contributed by atoms with Crippen LogP contribution in [-0.4, -0.2) is 47.8 Å². The third kappa shape index (κ3) is 3.82. The first-order valence-electron chi connectivity index (χ1n) is 8.40. The SMILES string of the molecule is Cc1nn(C)c(C)c1S(=O)(=O)NCC1CCN(c2ncccn2)CC1. The van der Waals surface area contributed by atoms with Crippen molar-refractivity contribution in [3.05, 3.63) is 29.8 Å². The lowest BCUT2D eigenvalue weighted by Crippen LogP contribution is -2.39. The van der Waals surface area contributed by atoms with Gasteiger partial charge < -0.3 is 4.90 Å². The zero-order chi connectivity index (χ0) is 18.0. The molecule has 3 rings (SSSR count). The Hall–Kier alpha value is -2.00. The second kappa shape index (κ2) is 7.09. The summed E-state index contributed by atoms with van der Waals surface area (Å²) in [6, 6.07) is 1.80. The molecular weight excluding hydrogens is 340 g/mol. The molecule has 0 saturated carbocycles. The van der Waals surface area contributed by atoms with Crippen molar-refractivity contribution >= 4 is 16.0 Å². The van der Waals surface area contributed by atoms with Gasteiger partial charge in [0.2, 0.25) is 16.0 Å². The van der Waals surface area contributed by atoms with Gasteiger partial charge in [0.1, 0.15) is 4.90 Å². The van der Waals surface area contributed by atoms with E-state index >= 15 is 0 Å². The number of rotatable bonds is 5. The first-order valence-corrected chi connectivity index (χ1v) is 9.88. The molecule has 25 heavy (non-hydrogen) atoms. The van der Waals surface area contributed by atoms with Crippen LogP contribution in [0.1, 0.15) is 24.2 Å². The number of nitrogens with one attached hydrogen (secondary N) is 1. The maximum Gasteiger partial charge on any atom is 0.244 e. The van der Waals surface area contributed by atoms with E-state index in [1.807, 2.05) is 0 Å².